The molecule has 1 atom stereocenters. The van der Waals surface area contributed by atoms with Crippen molar-refractivity contribution in [1.29, 1.82) is 0 Å². The molecule has 1 unspecified atom stereocenters. The van der Waals surface area contributed by atoms with Gasteiger partial charge in [-0.1, -0.05) is 0 Å². The Labute approximate surface area is 111 Å². The van der Waals surface area contributed by atoms with Crippen LogP contribution < -0.4 is 5.32 Å². The number of hydrogen-bond donors (Lipinski definition) is 1. The average Bonchev–Trinajstić information content (AvgIpc) is 2.41. The zero-order valence-corrected chi connectivity index (χ0v) is 11.0. The minimum Gasteiger partial charge on any atom is -0.377 e. The van der Waals surface area contributed by atoms with Gasteiger partial charge in [-0.25, -0.2) is 0 Å². The van der Waals surface area contributed by atoms with Crippen molar-refractivity contribution in [2.75, 3.05) is 23.4 Å². The lowest BCUT2D eigenvalue weighted by Crippen LogP contribution is -2.23. The molecule has 0 aliphatic carbocycles. The predicted octanol–water partition coefficient (Wildman–Crippen LogP) is 1.72. The van der Waals surface area contributed by atoms with Crippen molar-refractivity contribution in [2.24, 2.45) is 0 Å². The van der Waals surface area contributed by atoms with Crippen LogP contribution >= 0.6 is 11.8 Å². The fourth-order valence-electron chi connectivity index (χ4n) is 1.77. The van der Waals surface area contributed by atoms with Crippen LogP contribution in [0.5, 0.6) is 0 Å². The van der Waals surface area contributed by atoms with E-state index < -0.39 is 0 Å². The van der Waals surface area contributed by atoms with Crippen molar-refractivity contribution in [1.82, 2.24) is 10.2 Å². The zero-order valence-electron chi connectivity index (χ0n) is 10.2. The molecular weight excluding hydrogens is 250 g/mol. The van der Waals surface area contributed by atoms with Crippen LogP contribution in [0.1, 0.15) is 19.3 Å². The van der Waals surface area contributed by atoms with Crippen molar-refractivity contribution >= 4 is 23.5 Å². The maximum Gasteiger partial charge on any atom is 0.235 e. The molecule has 98 valence electrons. The second kappa shape index (κ2) is 7.33. The molecule has 2 heterocycles. The summed E-state index contributed by atoms with van der Waals surface area (Å²) in [5.41, 5.74) is 0. The number of nitrogens with zero attached hydrogens (tertiary/aromatic N) is 2. The van der Waals surface area contributed by atoms with Gasteiger partial charge in [0.15, 0.2) is 5.82 Å². The van der Waals surface area contributed by atoms with Gasteiger partial charge in [-0.05, 0) is 31.4 Å². The summed E-state index contributed by atoms with van der Waals surface area (Å²) in [5.74, 6) is 1.76. The molecule has 1 aromatic heterocycles. The Hall–Kier alpha value is -1.14. The van der Waals surface area contributed by atoms with E-state index in [1.807, 2.05) is 0 Å². The average molecular weight is 267 g/mol. The van der Waals surface area contributed by atoms with Crippen LogP contribution in [0.3, 0.4) is 0 Å². The van der Waals surface area contributed by atoms with E-state index in [1.165, 1.54) is 6.42 Å². The summed E-state index contributed by atoms with van der Waals surface area (Å²) in [6.07, 6.45) is 5.39. The number of carbonyl (C=O) groups is 1. The molecule has 1 aliphatic rings. The van der Waals surface area contributed by atoms with Crippen LogP contribution in [0.25, 0.3) is 0 Å². The molecule has 0 radical (unpaired) electrons. The highest BCUT2D eigenvalue weighted by atomic mass is 32.2. The molecule has 2 rings (SSSR count). The van der Waals surface area contributed by atoms with Gasteiger partial charge in [0, 0.05) is 18.6 Å². The Morgan fingerprint density at radius 1 is 1.56 bits per heavy atom. The van der Waals surface area contributed by atoms with E-state index in [0.717, 1.165) is 25.2 Å². The number of rotatable bonds is 5. The summed E-state index contributed by atoms with van der Waals surface area (Å²) < 4.78 is 5.60. The first-order chi connectivity index (χ1) is 8.84. The van der Waals surface area contributed by atoms with Crippen molar-refractivity contribution in [3.8, 4) is 0 Å². The molecule has 0 aromatic carbocycles. The lowest BCUT2D eigenvalue weighted by atomic mass is 10.1. The van der Waals surface area contributed by atoms with Crippen molar-refractivity contribution in [2.45, 2.75) is 25.4 Å². The summed E-state index contributed by atoms with van der Waals surface area (Å²) in [5, 5.41) is 10.2. The summed E-state index contributed by atoms with van der Waals surface area (Å²) in [7, 11) is 0. The summed E-state index contributed by atoms with van der Waals surface area (Å²) in [4.78, 5) is 11.6. The third-order valence-electron chi connectivity index (χ3n) is 2.65. The number of anilines is 1. The Morgan fingerprint density at radius 2 is 2.50 bits per heavy atom. The Balaban J connectivity index is 1.62. The van der Waals surface area contributed by atoms with Crippen LogP contribution in [-0.2, 0) is 9.53 Å². The summed E-state index contributed by atoms with van der Waals surface area (Å²) in [6.45, 7) is 0.858. The first-order valence-corrected chi connectivity index (χ1v) is 7.27. The van der Waals surface area contributed by atoms with Gasteiger partial charge in [-0.2, -0.15) is 5.10 Å². The largest absolute Gasteiger partial charge is 0.377 e. The minimum atomic E-state index is -0.0451. The highest BCUT2D eigenvalue weighted by molar-refractivity contribution is 8.00. The van der Waals surface area contributed by atoms with Gasteiger partial charge in [0.05, 0.1) is 11.9 Å². The fraction of sp³-hybridized carbons (Fsp3) is 0.583. The van der Waals surface area contributed by atoms with Crippen molar-refractivity contribution in [3.63, 3.8) is 0 Å². The Bertz CT molecular complexity index is 369. The first kappa shape index (κ1) is 13.3. The highest BCUT2D eigenvalue weighted by Crippen LogP contribution is 2.17. The molecule has 1 aliphatic heterocycles. The van der Waals surface area contributed by atoms with Crippen LogP contribution in [0.4, 0.5) is 5.82 Å². The number of amides is 1. The molecule has 1 fully saturated rings. The van der Waals surface area contributed by atoms with Crippen LogP contribution in [0.2, 0.25) is 0 Å². The quantitative estimate of drug-likeness (QED) is 0.880. The molecule has 1 amide bonds. The number of ether oxygens (including phenoxy) is 1. The topological polar surface area (TPSA) is 64.1 Å². The minimum absolute atomic E-state index is 0.0451. The van der Waals surface area contributed by atoms with Crippen LogP contribution in [0.15, 0.2) is 18.3 Å². The maximum atomic E-state index is 11.6. The monoisotopic (exact) mass is 267 g/mol. The van der Waals surface area contributed by atoms with E-state index in [2.05, 4.69) is 15.5 Å². The summed E-state index contributed by atoms with van der Waals surface area (Å²) in [6, 6.07) is 3.46. The molecule has 0 spiro atoms. The van der Waals surface area contributed by atoms with Gasteiger partial charge in [0.2, 0.25) is 5.91 Å². The molecule has 1 N–H and O–H groups in total. The third kappa shape index (κ3) is 4.62. The third-order valence-corrected chi connectivity index (χ3v) is 3.72. The van der Waals surface area contributed by atoms with E-state index in [1.54, 1.807) is 30.1 Å². The lowest BCUT2D eigenvalue weighted by molar-refractivity contribution is -0.113. The normalized spacial score (nSPS) is 19.4. The van der Waals surface area contributed by atoms with E-state index >= 15 is 0 Å². The fourth-order valence-corrected chi connectivity index (χ4v) is 2.67. The van der Waals surface area contributed by atoms with Gasteiger partial charge >= 0.3 is 0 Å². The van der Waals surface area contributed by atoms with Gasteiger partial charge < -0.3 is 10.1 Å². The summed E-state index contributed by atoms with van der Waals surface area (Å²) >= 11 is 1.60. The van der Waals surface area contributed by atoms with Gasteiger partial charge in [-0.3, -0.25) is 4.79 Å². The van der Waals surface area contributed by atoms with Crippen LogP contribution in [0, 0.1) is 0 Å². The van der Waals surface area contributed by atoms with E-state index in [4.69, 9.17) is 4.74 Å². The van der Waals surface area contributed by atoms with Crippen molar-refractivity contribution < 1.29 is 9.53 Å². The van der Waals surface area contributed by atoms with E-state index in [-0.39, 0.29) is 5.91 Å². The molecule has 1 aromatic rings. The Kier molecular flexibility index (Phi) is 5.41. The standard InChI is InChI=1S/C12H17N3O2S/c16-12(14-11-5-3-6-13-15-11)9-18-8-10-4-1-2-7-17-10/h3,5-6,10H,1-2,4,7-9H2,(H,14,15,16). The Morgan fingerprint density at radius 3 is 3.22 bits per heavy atom. The van der Waals surface area contributed by atoms with Gasteiger partial charge in [0.1, 0.15) is 0 Å². The molecule has 6 heteroatoms. The second-order valence-corrected chi connectivity index (χ2v) is 5.19. The highest BCUT2D eigenvalue weighted by Gasteiger charge is 2.14. The van der Waals surface area contributed by atoms with Crippen LogP contribution in [-0.4, -0.2) is 40.3 Å². The predicted molar refractivity (Wildman–Crippen MR) is 71.6 cm³/mol. The number of aromatic nitrogens is 2. The first-order valence-electron chi connectivity index (χ1n) is 6.11. The second-order valence-electron chi connectivity index (χ2n) is 4.16. The molecule has 0 bridgehead atoms. The van der Waals surface area contributed by atoms with Gasteiger partial charge in [0.25, 0.3) is 0 Å². The molecule has 1 saturated heterocycles. The number of hydrogen-bond acceptors (Lipinski definition) is 5. The lowest BCUT2D eigenvalue weighted by Gasteiger charge is -2.21. The number of nitrogens with one attached hydrogen (secondary N) is 1. The molecule has 18 heavy (non-hydrogen) atoms. The zero-order chi connectivity index (χ0) is 12.6. The maximum absolute atomic E-state index is 11.6. The van der Waals surface area contributed by atoms with E-state index in [0.29, 0.717) is 17.7 Å². The molecule has 5 nitrogen and oxygen atoms in total. The SMILES string of the molecule is O=C(CSCC1CCCCO1)Nc1cccnn1. The van der Waals surface area contributed by atoms with E-state index in [9.17, 15) is 4.79 Å². The number of thioether (sulfide) groups is 1. The van der Waals surface area contributed by atoms with Gasteiger partial charge in [-0.15, -0.1) is 16.9 Å². The van der Waals surface area contributed by atoms with Crippen molar-refractivity contribution in [3.05, 3.63) is 18.3 Å². The smallest absolute Gasteiger partial charge is 0.235 e. The number of carbonyl (C=O) groups excluding carboxylic acids is 1. The molecular formula is C12H17N3O2S. The molecule has 0 saturated carbocycles.